The van der Waals surface area contributed by atoms with Gasteiger partial charge in [0.2, 0.25) is 0 Å². The summed E-state index contributed by atoms with van der Waals surface area (Å²) in [6.07, 6.45) is 2.15. The second kappa shape index (κ2) is 4.43. The molecule has 2 nitrogen and oxygen atoms in total. The van der Waals surface area contributed by atoms with Gasteiger partial charge >= 0.3 is 0 Å². The zero-order chi connectivity index (χ0) is 12.6. The van der Waals surface area contributed by atoms with Gasteiger partial charge in [-0.05, 0) is 50.3 Å². The lowest BCUT2D eigenvalue weighted by atomic mass is 9.82. The Kier molecular flexibility index (Phi) is 3.28. The van der Waals surface area contributed by atoms with E-state index in [1.807, 2.05) is 13.8 Å². The highest BCUT2D eigenvalue weighted by molar-refractivity contribution is 5.42. The standard InChI is InChI=1S/C15H23NO/c1-5-11-9-13-12(10(2)16-11)7-6-8-14(13)15(3,4)17/h6-8,10-11,16-17H,5,9H2,1-4H3/t10-,11-/m0/s1. The molecular weight excluding hydrogens is 210 g/mol. The fraction of sp³-hybridized carbons (Fsp3) is 0.600. The first kappa shape index (κ1) is 12.6. The first-order chi connectivity index (χ1) is 7.93. The molecule has 0 saturated carbocycles. The Morgan fingerprint density at radius 3 is 2.71 bits per heavy atom. The highest BCUT2D eigenvalue weighted by atomic mass is 16.3. The number of hydrogen-bond donors (Lipinski definition) is 2. The fourth-order valence-corrected chi connectivity index (χ4v) is 2.82. The van der Waals surface area contributed by atoms with E-state index in [1.165, 1.54) is 11.1 Å². The van der Waals surface area contributed by atoms with Crippen molar-refractivity contribution in [1.29, 1.82) is 0 Å². The van der Waals surface area contributed by atoms with Gasteiger partial charge in [0.15, 0.2) is 0 Å². The first-order valence-corrected chi connectivity index (χ1v) is 6.54. The summed E-state index contributed by atoms with van der Waals surface area (Å²) in [7, 11) is 0. The van der Waals surface area contributed by atoms with Gasteiger partial charge in [-0.3, -0.25) is 0 Å². The predicted molar refractivity (Wildman–Crippen MR) is 71.0 cm³/mol. The lowest BCUT2D eigenvalue weighted by Crippen LogP contribution is -2.39. The number of benzene rings is 1. The van der Waals surface area contributed by atoms with Crippen molar-refractivity contribution in [2.75, 3.05) is 0 Å². The van der Waals surface area contributed by atoms with Crippen molar-refractivity contribution in [2.24, 2.45) is 0 Å². The molecule has 1 aliphatic heterocycles. The average Bonchev–Trinajstić information content (AvgIpc) is 2.26. The molecule has 2 rings (SSSR count). The topological polar surface area (TPSA) is 32.3 Å². The molecule has 1 aliphatic rings. The Balaban J connectivity index is 2.49. The highest BCUT2D eigenvalue weighted by Gasteiger charge is 2.28. The molecule has 2 atom stereocenters. The summed E-state index contributed by atoms with van der Waals surface area (Å²) in [5.74, 6) is 0. The van der Waals surface area contributed by atoms with E-state index in [2.05, 4.69) is 37.4 Å². The molecule has 0 unspecified atom stereocenters. The summed E-state index contributed by atoms with van der Waals surface area (Å²) < 4.78 is 0. The molecule has 2 N–H and O–H groups in total. The van der Waals surface area contributed by atoms with Crippen LogP contribution in [0.3, 0.4) is 0 Å². The van der Waals surface area contributed by atoms with Crippen LogP contribution in [0.2, 0.25) is 0 Å². The molecule has 0 saturated heterocycles. The summed E-state index contributed by atoms with van der Waals surface area (Å²) >= 11 is 0. The number of rotatable bonds is 2. The van der Waals surface area contributed by atoms with E-state index < -0.39 is 5.60 Å². The van der Waals surface area contributed by atoms with E-state index in [4.69, 9.17) is 0 Å². The largest absolute Gasteiger partial charge is 0.386 e. The van der Waals surface area contributed by atoms with Crippen LogP contribution < -0.4 is 5.32 Å². The molecule has 0 radical (unpaired) electrons. The molecule has 2 heteroatoms. The molecular formula is C15H23NO. The summed E-state index contributed by atoms with van der Waals surface area (Å²) in [4.78, 5) is 0. The Morgan fingerprint density at radius 2 is 2.12 bits per heavy atom. The van der Waals surface area contributed by atoms with Crippen molar-refractivity contribution in [1.82, 2.24) is 5.32 Å². The van der Waals surface area contributed by atoms with Gasteiger partial charge < -0.3 is 10.4 Å². The van der Waals surface area contributed by atoms with Crippen LogP contribution in [-0.4, -0.2) is 11.1 Å². The van der Waals surface area contributed by atoms with Gasteiger partial charge in [-0.25, -0.2) is 0 Å². The van der Waals surface area contributed by atoms with Crippen LogP contribution in [-0.2, 0) is 12.0 Å². The molecule has 1 aromatic carbocycles. The van der Waals surface area contributed by atoms with Crippen LogP contribution >= 0.6 is 0 Å². The molecule has 0 fully saturated rings. The SMILES string of the molecule is CC[C@H]1Cc2c(cccc2C(C)(C)O)[C@H](C)N1. The molecule has 0 aliphatic carbocycles. The number of hydrogen-bond acceptors (Lipinski definition) is 2. The lowest BCUT2D eigenvalue weighted by molar-refractivity contribution is 0.0770. The minimum Gasteiger partial charge on any atom is -0.386 e. The van der Waals surface area contributed by atoms with Gasteiger partial charge in [-0.1, -0.05) is 25.1 Å². The number of aliphatic hydroxyl groups is 1. The fourth-order valence-electron chi connectivity index (χ4n) is 2.82. The monoisotopic (exact) mass is 233 g/mol. The van der Waals surface area contributed by atoms with Crippen molar-refractivity contribution in [3.05, 3.63) is 34.9 Å². The normalized spacial score (nSPS) is 24.5. The zero-order valence-corrected chi connectivity index (χ0v) is 11.2. The lowest BCUT2D eigenvalue weighted by Gasteiger charge is -2.34. The maximum absolute atomic E-state index is 10.3. The molecule has 0 spiro atoms. The van der Waals surface area contributed by atoms with Crippen LogP contribution in [0.1, 0.15) is 56.8 Å². The zero-order valence-electron chi connectivity index (χ0n) is 11.2. The van der Waals surface area contributed by atoms with Crippen LogP contribution in [0.25, 0.3) is 0 Å². The quantitative estimate of drug-likeness (QED) is 0.823. The van der Waals surface area contributed by atoms with Gasteiger partial charge in [0.1, 0.15) is 0 Å². The van der Waals surface area contributed by atoms with Gasteiger partial charge in [0, 0.05) is 12.1 Å². The van der Waals surface area contributed by atoms with Crippen LogP contribution in [0.4, 0.5) is 0 Å². The summed E-state index contributed by atoms with van der Waals surface area (Å²) in [6.45, 7) is 8.16. The third-order valence-electron chi connectivity index (χ3n) is 3.77. The van der Waals surface area contributed by atoms with E-state index in [1.54, 1.807) is 0 Å². The third kappa shape index (κ3) is 2.38. The maximum atomic E-state index is 10.3. The Labute approximate surface area is 104 Å². The molecule has 0 aromatic heterocycles. The molecule has 1 heterocycles. The van der Waals surface area contributed by atoms with E-state index in [9.17, 15) is 5.11 Å². The van der Waals surface area contributed by atoms with E-state index >= 15 is 0 Å². The van der Waals surface area contributed by atoms with Crippen LogP contribution in [0.15, 0.2) is 18.2 Å². The predicted octanol–water partition coefficient (Wildman–Crippen LogP) is 2.90. The molecule has 94 valence electrons. The third-order valence-corrected chi connectivity index (χ3v) is 3.77. The summed E-state index contributed by atoms with van der Waals surface area (Å²) in [5.41, 5.74) is 3.02. The van der Waals surface area contributed by atoms with Crippen molar-refractivity contribution in [2.45, 2.75) is 58.2 Å². The van der Waals surface area contributed by atoms with Crippen molar-refractivity contribution < 1.29 is 5.11 Å². The highest BCUT2D eigenvalue weighted by Crippen LogP contribution is 2.33. The van der Waals surface area contributed by atoms with Gasteiger partial charge in [-0.15, -0.1) is 0 Å². The van der Waals surface area contributed by atoms with Crippen molar-refractivity contribution >= 4 is 0 Å². The van der Waals surface area contributed by atoms with Gasteiger partial charge in [0.05, 0.1) is 5.60 Å². The minimum absolute atomic E-state index is 0.381. The van der Waals surface area contributed by atoms with Gasteiger partial charge in [-0.2, -0.15) is 0 Å². The smallest absolute Gasteiger partial charge is 0.0843 e. The molecule has 17 heavy (non-hydrogen) atoms. The van der Waals surface area contributed by atoms with E-state index in [0.29, 0.717) is 12.1 Å². The first-order valence-electron chi connectivity index (χ1n) is 6.54. The van der Waals surface area contributed by atoms with E-state index in [-0.39, 0.29) is 0 Å². The second-order valence-corrected chi connectivity index (χ2v) is 5.63. The van der Waals surface area contributed by atoms with Gasteiger partial charge in [0.25, 0.3) is 0 Å². The number of fused-ring (bicyclic) bond motifs is 1. The number of nitrogens with one attached hydrogen (secondary N) is 1. The average molecular weight is 233 g/mol. The van der Waals surface area contributed by atoms with Crippen LogP contribution in [0.5, 0.6) is 0 Å². The Hall–Kier alpha value is -0.860. The van der Waals surface area contributed by atoms with Crippen molar-refractivity contribution in [3.8, 4) is 0 Å². The Morgan fingerprint density at radius 1 is 1.41 bits per heavy atom. The second-order valence-electron chi connectivity index (χ2n) is 5.63. The maximum Gasteiger partial charge on any atom is 0.0843 e. The summed E-state index contributed by atoms with van der Waals surface area (Å²) in [5, 5.41) is 13.9. The molecule has 1 aromatic rings. The molecule has 0 amide bonds. The minimum atomic E-state index is -0.749. The summed E-state index contributed by atoms with van der Waals surface area (Å²) in [6, 6.07) is 7.20. The Bertz CT molecular complexity index is 406. The van der Waals surface area contributed by atoms with Crippen molar-refractivity contribution in [3.63, 3.8) is 0 Å². The molecule has 0 bridgehead atoms. The van der Waals surface area contributed by atoms with Crippen LogP contribution in [0, 0.1) is 0 Å². The van der Waals surface area contributed by atoms with E-state index in [0.717, 1.165) is 18.4 Å².